The average molecular weight is 335 g/mol. The summed E-state index contributed by atoms with van der Waals surface area (Å²) in [5.74, 6) is -0.983. The van der Waals surface area contributed by atoms with Gasteiger partial charge in [-0.3, -0.25) is 0 Å². The van der Waals surface area contributed by atoms with Gasteiger partial charge >= 0.3 is 12.0 Å². The van der Waals surface area contributed by atoms with E-state index in [1.165, 1.54) is 30.2 Å². The number of nitrogens with zero attached hydrogens (tertiary/aromatic N) is 2. The topological polar surface area (TPSA) is 84.7 Å². The number of esters is 1. The van der Waals surface area contributed by atoms with E-state index in [1.807, 2.05) is 0 Å². The second-order valence-electron chi connectivity index (χ2n) is 5.25. The number of nitrogens with one attached hydrogen (secondary N) is 1. The van der Waals surface area contributed by atoms with E-state index in [0.29, 0.717) is 0 Å². The van der Waals surface area contributed by atoms with Gasteiger partial charge in [0.25, 0.3) is 0 Å². The molecule has 0 atom stereocenters. The number of benzene rings is 1. The molecule has 0 saturated heterocycles. The van der Waals surface area contributed by atoms with Crippen LogP contribution in [0, 0.1) is 5.82 Å². The molecule has 0 aliphatic rings. The number of oxazole rings is 1. The molecule has 24 heavy (non-hydrogen) atoms. The van der Waals surface area contributed by atoms with Crippen LogP contribution in [0.3, 0.4) is 0 Å². The van der Waals surface area contributed by atoms with Crippen molar-refractivity contribution in [1.82, 2.24) is 9.88 Å². The van der Waals surface area contributed by atoms with Crippen LogP contribution in [0.2, 0.25) is 0 Å². The molecule has 8 heteroatoms. The van der Waals surface area contributed by atoms with Crippen LogP contribution in [-0.4, -0.2) is 35.0 Å². The zero-order valence-corrected chi connectivity index (χ0v) is 13.6. The molecule has 7 nitrogen and oxygen atoms in total. The maximum absolute atomic E-state index is 13.7. The van der Waals surface area contributed by atoms with Gasteiger partial charge in [-0.15, -0.1) is 0 Å². The van der Waals surface area contributed by atoms with E-state index in [9.17, 15) is 14.0 Å². The number of amides is 2. The van der Waals surface area contributed by atoms with Crippen LogP contribution in [0.4, 0.5) is 14.9 Å². The summed E-state index contributed by atoms with van der Waals surface area (Å²) in [5.41, 5.74) is 0.0986. The monoisotopic (exact) mass is 335 g/mol. The molecule has 1 aromatic carbocycles. The average Bonchev–Trinajstić information content (AvgIpc) is 3.02. The fourth-order valence-electron chi connectivity index (χ4n) is 1.97. The van der Waals surface area contributed by atoms with Crippen LogP contribution in [0.1, 0.15) is 30.2 Å². The lowest BCUT2D eigenvalue weighted by Crippen LogP contribution is -2.39. The number of aromatic nitrogens is 1. The van der Waals surface area contributed by atoms with Crippen LogP contribution >= 0.6 is 0 Å². The highest BCUT2D eigenvalue weighted by Crippen LogP contribution is 2.16. The van der Waals surface area contributed by atoms with Gasteiger partial charge in [0.05, 0.1) is 19.3 Å². The van der Waals surface area contributed by atoms with Crippen LogP contribution in [0.5, 0.6) is 0 Å². The van der Waals surface area contributed by atoms with E-state index in [2.05, 4.69) is 15.0 Å². The van der Waals surface area contributed by atoms with Gasteiger partial charge in [0, 0.05) is 6.04 Å². The smallest absolute Gasteiger partial charge is 0.360 e. The number of carbonyl (C=O) groups excluding carboxylic acids is 2. The highest BCUT2D eigenvalue weighted by atomic mass is 19.1. The van der Waals surface area contributed by atoms with Gasteiger partial charge < -0.3 is 19.4 Å². The number of para-hydroxylation sites is 1. The van der Waals surface area contributed by atoms with Gasteiger partial charge in [0.1, 0.15) is 12.1 Å². The van der Waals surface area contributed by atoms with Crippen LogP contribution in [0.15, 0.2) is 34.9 Å². The van der Waals surface area contributed by atoms with E-state index in [4.69, 9.17) is 4.42 Å². The summed E-state index contributed by atoms with van der Waals surface area (Å²) in [6.07, 6.45) is 1.16. The lowest BCUT2D eigenvalue weighted by atomic mass is 10.3. The minimum absolute atomic E-state index is 0.0192. The molecular weight excluding hydrogens is 317 g/mol. The molecule has 0 unspecified atom stereocenters. The molecule has 1 N–H and O–H groups in total. The second kappa shape index (κ2) is 7.58. The summed E-state index contributed by atoms with van der Waals surface area (Å²) in [4.78, 5) is 29.1. The maximum Gasteiger partial charge on any atom is 0.360 e. The number of rotatable bonds is 5. The second-order valence-corrected chi connectivity index (χ2v) is 5.25. The van der Waals surface area contributed by atoms with Crippen molar-refractivity contribution in [3.63, 3.8) is 0 Å². The highest BCUT2D eigenvalue weighted by molar-refractivity contribution is 5.89. The normalized spacial score (nSPS) is 10.5. The number of ether oxygens (including phenoxy) is 1. The number of anilines is 1. The summed E-state index contributed by atoms with van der Waals surface area (Å²) in [6, 6.07) is 5.16. The van der Waals surface area contributed by atoms with Crippen molar-refractivity contribution in [2.24, 2.45) is 0 Å². The Hall–Kier alpha value is -2.90. The van der Waals surface area contributed by atoms with Crippen molar-refractivity contribution in [3.05, 3.63) is 47.9 Å². The molecule has 1 aromatic heterocycles. The zero-order valence-electron chi connectivity index (χ0n) is 13.6. The van der Waals surface area contributed by atoms with Crippen molar-refractivity contribution in [2.75, 3.05) is 12.4 Å². The standard InChI is InChI=1S/C16H18FN3O4/c1-10(2)20(8-14-18-13(9-24-14)15(21)23-3)16(22)19-12-7-5-4-6-11(12)17/h4-7,9-10H,8H2,1-3H3,(H,19,22). The van der Waals surface area contributed by atoms with Gasteiger partial charge in [-0.25, -0.2) is 19.0 Å². The fourth-order valence-corrected chi connectivity index (χ4v) is 1.97. The van der Waals surface area contributed by atoms with E-state index < -0.39 is 17.8 Å². The Labute approximate surface area is 138 Å². The molecule has 0 bridgehead atoms. The van der Waals surface area contributed by atoms with Crippen molar-refractivity contribution >= 4 is 17.7 Å². The first-order valence-electron chi connectivity index (χ1n) is 7.27. The SMILES string of the molecule is COC(=O)c1coc(CN(C(=O)Nc2ccccc2F)C(C)C)n1. The number of carbonyl (C=O) groups is 2. The van der Waals surface area contributed by atoms with Gasteiger partial charge in [-0.2, -0.15) is 0 Å². The zero-order chi connectivity index (χ0) is 17.7. The Morgan fingerprint density at radius 1 is 1.38 bits per heavy atom. The maximum atomic E-state index is 13.7. The first-order chi connectivity index (χ1) is 11.4. The predicted molar refractivity (Wildman–Crippen MR) is 83.9 cm³/mol. The van der Waals surface area contributed by atoms with Crippen LogP contribution in [-0.2, 0) is 11.3 Å². The molecule has 128 valence electrons. The lowest BCUT2D eigenvalue weighted by molar-refractivity contribution is 0.0594. The first-order valence-corrected chi connectivity index (χ1v) is 7.27. The van der Waals surface area contributed by atoms with Gasteiger partial charge in [-0.1, -0.05) is 12.1 Å². The Morgan fingerprint density at radius 2 is 2.08 bits per heavy atom. The summed E-state index contributed by atoms with van der Waals surface area (Å²) in [5, 5.41) is 2.50. The summed E-state index contributed by atoms with van der Waals surface area (Å²) < 4.78 is 23.4. The molecule has 1 heterocycles. The number of hydrogen-bond acceptors (Lipinski definition) is 5. The van der Waals surface area contributed by atoms with Crippen molar-refractivity contribution in [3.8, 4) is 0 Å². The van der Waals surface area contributed by atoms with E-state index in [0.717, 1.165) is 6.26 Å². The molecule has 2 amide bonds. The Kier molecular flexibility index (Phi) is 5.51. The first kappa shape index (κ1) is 17.5. The van der Waals surface area contributed by atoms with Crippen LogP contribution in [0.25, 0.3) is 0 Å². The van der Waals surface area contributed by atoms with Gasteiger partial charge in [0.15, 0.2) is 5.69 Å². The minimum atomic E-state index is -0.628. The molecule has 0 radical (unpaired) electrons. The molecule has 0 spiro atoms. The van der Waals surface area contributed by atoms with Crippen LogP contribution < -0.4 is 5.32 Å². The molecule has 0 fully saturated rings. The predicted octanol–water partition coefficient (Wildman–Crippen LogP) is 3.04. The molecule has 0 aliphatic heterocycles. The number of urea groups is 1. The number of halogens is 1. The van der Waals surface area contributed by atoms with Crippen molar-refractivity contribution in [1.29, 1.82) is 0 Å². The molecular formula is C16H18FN3O4. The Bertz CT molecular complexity index is 730. The largest absolute Gasteiger partial charge is 0.464 e. The third kappa shape index (κ3) is 4.09. The quantitative estimate of drug-likeness (QED) is 0.849. The number of methoxy groups -OCH3 is 1. The Balaban J connectivity index is 2.11. The fraction of sp³-hybridized carbons (Fsp3) is 0.312. The summed E-state index contributed by atoms with van der Waals surface area (Å²) in [6.45, 7) is 3.62. The Morgan fingerprint density at radius 3 is 2.71 bits per heavy atom. The highest BCUT2D eigenvalue weighted by Gasteiger charge is 2.22. The van der Waals surface area contributed by atoms with E-state index >= 15 is 0 Å². The molecule has 2 rings (SSSR count). The van der Waals surface area contributed by atoms with E-state index in [-0.39, 0.29) is 29.9 Å². The van der Waals surface area contributed by atoms with Gasteiger partial charge in [-0.05, 0) is 26.0 Å². The van der Waals surface area contributed by atoms with Gasteiger partial charge in [0.2, 0.25) is 5.89 Å². The summed E-state index contributed by atoms with van der Waals surface area (Å²) in [7, 11) is 1.24. The van der Waals surface area contributed by atoms with E-state index in [1.54, 1.807) is 19.9 Å². The molecule has 0 saturated carbocycles. The molecule has 0 aliphatic carbocycles. The summed E-state index contributed by atoms with van der Waals surface area (Å²) >= 11 is 0. The minimum Gasteiger partial charge on any atom is -0.464 e. The number of hydrogen-bond donors (Lipinski definition) is 1. The third-order valence-electron chi connectivity index (χ3n) is 3.25. The lowest BCUT2D eigenvalue weighted by Gasteiger charge is -2.25. The third-order valence-corrected chi connectivity index (χ3v) is 3.25. The van der Waals surface area contributed by atoms with Crippen molar-refractivity contribution in [2.45, 2.75) is 26.4 Å². The van der Waals surface area contributed by atoms with Crippen molar-refractivity contribution < 1.29 is 23.1 Å². The molecule has 2 aromatic rings.